The summed E-state index contributed by atoms with van der Waals surface area (Å²) >= 11 is 0. The van der Waals surface area contributed by atoms with Gasteiger partial charge in [0.05, 0.1) is 37.6 Å². The van der Waals surface area contributed by atoms with Crippen LogP contribution in [0.1, 0.15) is 34.6 Å². The minimum absolute atomic E-state index is 0.205. The van der Waals surface area contributed by atoms with Gasteiger partial charge in [-0.15, -0.1) is 0 Å². The molecule has 1 aliphatic rings. The van der Waals surface area contributed by atoms with Crippen LogP contribution in [0.15, 0.2) is 43.0 Å². The van der Waals surface area contributed by atoms with Crippen LogP contribution in [-0.4, -0.2) is 69.9 Å². The van der Waals surface area contributed by atoms with Gasteiger partial charge in [-0.25, -0.2) is 20.1 Å². The van der Waals surface area contributed by atoms with Gasteiger partial charge >= 0.3 is 10.3 Å². The highest BCUT2D eigenvalue weighted by Gasteiger charge is 2.34. The molecule has 0 bridgehead atoms. The van der Waals surface area contributed by atoms with Crippen molar-refractivity contribution < 1.29 is 27.2 Å². The maximum Gasteiger partial charge on any atom is 0.333 e. The Kier molecular flexibility index (Phi) is 7.35. The molecule has 13 nitrogen and oxygen atoms in total. The van der Waals surface area contributed by atoms with Crippen molar-refractivity contribution in [2.45, 2.75) is 31.5 Å². The summed E-state index contributed by atoms with van der Waals surface area (Å²) in [5, 5.41) is 22.6. The molecule has 3 aromatic rings. The fourth-order valence-electron chi connectivity index (χ4n) is 3.92. The maximum absolute atomic E-state index is 13.2. The Hall–Kier alpha value is -3.46. The van der Waals surface area contributed by atoms with E-state index >= 15 is 0 Å². The lowest BCUT2D eigenvalue weighted by Gasteiger charge is -2.15. The molecule has 3 atom stereocenters. The molecular formula is C21H25N7O6S. The second-order valence-corrected chi connectivity index (χ2v) is 9.32. The summed E-state index contributed by atoms with van der Waals surface area (Å²) in [6.45, 7) is 0.121. The van der Waals surface area contributed by atoms with Crippen molar-refractivity contribution in [2.75, 3.05) is 19.0 Å². The fraction of sp³-hybridized carbons (Fsp3) is 0.381. The molecule has 0 aliphatic heterocycles. The highest BCUT2D eigenvalue weighted by Crippen LogP contribution is 2.30. The van der Waals surface area contributed by atoms with Crippen LogP contribution < -0.4 is 15.2 Å². The molecule has 186 valence electrons. The summed E-state index contributed by atoms with van der Waals surface area (Å²) in [7, 11) is -2.56. The molecule has 0 unspecified atom stereocenters. The summed E-state index contributed by atoms with van der Waals surface area (Å²) in [5.41, 5.74) is 1.14. The van der Waals surface area contributed by atoms with E-state index in [1.807, 2.05) is 12.1 Å². The van der Waals surface area contributed by atoms with E-state index in [2.05, 4.69) is 29.6 Å². The third-order valence-electron chi connectivity index (χ3n) is 5.59. The van der Waals surface area contributed by atoms with E-state index in [4.69, 9.17) is 9.88 Å². The van der Waals surface area contributed by atoms with Crippen LogP contribution in [0.3, 0.4) is 0 Å². The molecule has 14 heteroatoms. The van der Waals surface area contributed by atoms with Gasteiger partial charge in [0.2, 0.25) is 11.7 Å². The van der Waals surface area contributed by atoms with E-state index in [9.17, 15) is 18.3 Å². The first-order chi connectivity index (χ1) is 16.7. The van der Waals surface area contributed by atoms with Crippen LogP contribution in [0.5, 0.6) is 5.88 Å². The first-order valence-electron chi connectivity index (χ1n) is 10.7. The number of nitrogens with zero attached hydrogens (tertiary/aromatic N) is 5. The number of aliphatic hydroxyl groups is 1. The van der Waals surface area contributed by atoms with Gasteiger partial charge < -0.3 is 15.2 Å². The maximum atomic E-state index is 13.2. The molecule has 1 aliphatic carbocycles. The zero-order chi connectivity index (χ0) is 25.0. The average molecular weight is 504 g/mol. The quantitative estimate of drug-likeness (QED) is 0.319. The zero-order valence-electron chi connectivity index (χ0n) is 18.8. The summed E-state index contributed by atoms with van der Waals surface area (Å²) in [6, 6.07) is 6.72. The van der Waals surface area contributed by atoms with Gasteiger partial charge in [0, 0.05) is 30.4 Å². The number of rotatable bonds is 10. The number of pyridine rings is 1. The average Bonchev–Trinajstić information content (AvgIpc) is 3.43. The Balaban J connectivity index is 1.44. The number of methoxy groups -OCH3 is 1. The summed E-state index contributed by atoms with van der Waals surface area (Å²) in [6.07, 6.45) is 4.30. The largest absolute Gasteiger partial charge is 0.481 e. The van der Waals surface area contributed by atoms with E-state index in [0.29, 0.717) is 31.1 Å². The van der Waals surface area contributed by atoms with Crippen molar-refractivity contribution in [2.24, 2.45) is 11.1 Å². The number of hydrogen-bond acceptors (Lipinski definition) is 11. The van der Waals surface area contributed by atoms with Crippen LogP contribution in [0.4, 0.5) is 5.82 Å². The predicted molar refractivity (Wildman–Crippen MR) is 123 cm³/mol. The normalized spacial score (nSPS) is 20.0. The third kappa shape index (κ3) is 6.36. The lowest BCUT2D eigenvalue weighted by molar-refractivity contribution is 0.101. The summed E-state index contributed by atoms with van der Waals surface area (Å²) < 4.78 is 33.4. The molecule has 3 aromatic heterocycles. The van der Waals surface area contributed by atoms with Crippen LogP contribution in [0.2, 0.25) is 0 Å². The molecule has 0 saturated heterocycles. The standard InChI is InChI=1S/C21H25N7O6S/c1-33-19-4-2-3-14(25-19)10-28-6-5-17(27-28)20(30)16-9-23-12-24-21(16)26-15-7-13(18(29)8-15)11-34-35(22,31)32/h2-6,9,12-13,15,18,29H,7-8,10-11H2,1H3,(H2,22,31,32)(H,23,24,26)/t13-,15-,18+/m1/s1. The molecule has 3 heterocycles. The number of anilines is 1. The summed E-state index contributed by atoms with van der Waals surface area (Å²) in [5.74, 6) is -0.0383. The number of ether oxygens (including phenoxy) is 1. The molecule has 0 radical (unpaired) electrons. The number of aliphatic hydroxyl groups excluding tert-OH is 1. The lowest BCUT2D eigenvalue weighted by atomic mass is 10.1. The molecule has 0 aromatic carbocycles. The van der Waals surface area contributed by atoms with Crippen molar-refractivity contribution in [3.63, 3.8) is 0 Å². The zero-order valence-corrected chi connectivity index (χ0v) is 19.6. The monoisotopic (exact) mass is 503 g/mol. The number of hydrogen-bond donors (Lipinski definition) is 3. The first kappa shape index (κ1) is 24.7. The molecule has 1 fully saturated rings. The third-order valence-corrected chi connectivity index (χ3v) is 6.05. The molecule has 35 heavy (non-hydrogen) atoms. The topological polar surface area (TPSA) is 184 Å². The van der Waals surface area contributed by atoms with Gasteiger partial charge in [-0.05, 0) is 25.0 Å². The minimum atomic E-state index is -4.10. The van der Waals surface area contributed by atoms with Crippen LogP contribution in [0.25, 0.3) is 0 Å². The van der Waals surface area contributed by atoms with Gasteiger partial charge in [0.15, 0.2) is 0 Å². The van der Waals surface area contributed by atoms with Gasteiger partial charge in [-0.1, -0.05) is 6.07 Å². The minimum Gasteiger partial charge on any atom is -0.481 e. The Morgan fingerprint density at radius 1 is 1.31 bits per heavy atom. The van der Waals surface area contributed by atoms with E-state index in [-0.39, 0.29) is 29.7 Å². The predicted octanol–water partition coefficient (Wildman–Crippen LogP) is 0.128. The molecule has 0 amide bonds. The Morgan fingerprint density at radius 2 is 2.14 bits per heavy atom. The second kappa shape index (κ2) is 10.4. The molecule has 1 saturated carbocycles. The van der Waals surface area contributed by atoms with Crippen LogP contribution in [-0.2, 0) is 21.0 Å². The molecule has 0 spiro atoms. The number of ketones is 1. The van der Waals surface area contributed by atoms with Crippen molar-refractivity contribution in [1.29, 1.82) is 0 Å². The van der Waals surface area contributed by atoms with Crippen molar-refractivity contribution in [3.05, 3.63) is 59.9 Å². The molecule has 4 N–H and O–H groups in total. The van der Waals surface area contributed by atoms with Gasteiger partial charge in [0.25, 0.3) is 0 Å². The molecular weight excluding hydrogens is 478 g/mol. The second-order valence-electron chi connectivity index (χ2n) is 8.10. The number of carbonyl (C=O) groups excluding carboxylic acids is 1. The lowest BCUT2D eigenvalue weighted by Crippen LogP contribution is -2.24. The van der Waals surface area contributed by atoms with E-state index in [1.54, 1.807) is 23.0 Å². The van der Waals surface area contributed by atoms with Gasteiger partial charge in [-0.2, -0.15) is 13.5 Å². The SMILES string of the molecule is COc1cccc(Cn2ccc(C(=O)c3cncnc3N[C@@H]3C[C@H](COS(N)(=O)=O)[C@@H](O)C3)n2)n1. The molecule has 4 rings (SSSR count). The Labute approximate surface area is 201 Å². The first-order valence-corrected chi connectivity index (χ1v) is 12.2. The van der Waals surface area contributed by atoms with E-state index in [1.165, 1.54) is 19.6 Å². The fourth-order valence-corrected chi connectivity index (χ4v) is 4.28. The number of nitrogens with one attached hydrogen (secondary N) is 1. The van der Waals surface area contributed by atoms with Crippen LogP contribution >= 0.6 is 0 Å². The smallest absolute Gasteiger partial charge is 0.333 e. The van der Waals surface area contributed by atoms with E-state index in [0.717, 1.165) is 5.69 Å². The van der Waals surface area contributed by atoms with Gasteiger partial charge in [0.1, 0.15) is 17.8 Å². The summed E-state index contributed by atoms with van der Waals surface area (Å²) in [4.78, 5) is 25.7. The highest BCUT2D eigenvalue weighted by atomic mass is 32.2. The van der Waals surface area contributed by atoms with Crippen molar-refractivity contribution in [1.82, 2.24) is 24.7 Å². The van der Waals surface area contributed by atoms with Crippen molar-refractivity contribution in [3.8, 4) is 5.88 Å². The van der Waals surface area contributed by atoms with E-state index < -0.39 is 22.3 Å². The van der Waals surface area contributed by atoms with Gasteiger partial charge in [-0.3, -0.25) is 13.7 Å². The number of nitrogens with two attached hydrogens (primary N) is 1. The van der Waals surface area contributed by atoms with Crippen LogP contribution in [0, 0.1) is 5.92 Å². The Bertz CT molecular complexity index is 1300. The van der Waals surface area contributed by atoms with Crippen molar-refractivity contribution >= 4 is 21.9 Å². The number of aromatic nitrogens is 5. The Morgan fingerprint density at radius 3 is 2.91 bits per heavy atom. The highest BCUT2D eigenvalue weighted by molar-refractivity contribution is 7.84. The number of carbonyl (C=O) groups is 1.